The Morgan fingerprint density at radius 3 is 2.50 bits per heavy atom. The Kier molecular flexibility index (Phi) is 6.87. The summed E-state index contributed by atoms with van der Waals surface area (Å²) in [6.45, 7) is 5.27. The summed E-state index contributed by atoms with van der Waals surface area (Å²) in [7, 11) is -2.50. The summed E-state index contributed by atoms with van der Waals surface area (Å²) in [4.78, 5) is 21.7. The molecule has 2 heterocycles. The van der Waals surface area contributed by atoms with E-state index in [-0.39, 0.29) is 37.1 Å². The molecule has 0 fully saturated rings. The second-order valence-corrected chi connectivity index (χ2v) is 11.4. The summed E-state index contributed by atoms with van der Waals surface area (Å²) in [5, 5.41) is 0.345. The number of ether oxygens (including phenoxy) is 1. The number of thiazole rings is 1. The lowest BCUT2D eigenvalue weighted by molar-refractivity contribution is 0.0759. The Bertz CT molecular complexity index is 1240. The lowest BCUT2D eigenvalue weighted by Gasteiger charge is -2.30. The molecule has 0 unspecified atom stereocenters. The van der Waals surface area contributed by atoms with E-state index in [1.807, 2.05) is 20.8 Å². The van der Waals surface area contributed by atoms with E-state index in [0.29, 0.717) is 0 Å². The number of aromatic nitrogens is 2. The zero-order chi connectivity index (χ0) is 23.7. The van der Waals surface area contributed by atoms with Gasteiger partial charge in [-0.3, -0.25) is 0 Å². The molecule has 0 saturated carbocycles. The number of benzene rings is 1. The molecule has 0 N–H and O–H groups in total. The molecule has 1 amide bonds. The Balaban J connectivity index is 2.03. The number of halogens is 2. The zero-order valence-corrected chi connectivity index (χ0v) is 20.2. The van der Waals surface area contributed by atoms with E-state index < -0.39 is 27.3 Å². The van der Waals surface area contributed by atoms with E-state index in [1.165, 1.54) is 35.2 Å². The Labute approximate surface area is 194 Å². The van der Waals surface area contributed by atoms with Crippen molar-refractivity contribution in [2.24, 2.45) is 0 Å². The van der Waals surface area contributed by atoms with Gasteiger partial charge in [-0.2, -0.15) is 0 Å². The Morgan fingerprint density at radius 1 is 1.22 bits per heavy atom. The lowest BCUT2D eigenvalue weighted by Crippen LogP contribution is -2.42. The zero-order valence-electron chi connectivity index (χ0n) is 17.8. The van der Waals surface area contributed by atoms with Crippen LogP contribution in [0.1, 0.15) is 25.8 Å². The molecular weight excluding hydrogens is 477 g/mol. The first-order valence-electron chi connectivity index (χ1n) is 9.43. The molecule has 0 saturated heterocycles. The van der Waals surface area contributed by atoms with Gasteiger partial charge >= 0.3 is 6.09 Å². The molecule has 0 aliphatic rings. The van der Waals surface area contributed by atoms with Gasteiger partial charge in [0.2, 0.25) is 9.84 Å². The standard InChI is InChI=1S/C21H21ClFN3O4S2/c1-21(2,3)26(4)20(27)30-12-17-25-18(14-7-5-6-8-15(14)23)19(31-17)32(28,29)13-9-10-16(22)24-11-13/h5-11H,12H2,1-4H3. The highest BCUT2D eigenvalue weighted by Crippen LogP contribution is 2.37. The highest BCUT2D eigenvalue weighted by Gasteiger charge is 2.29. The first-order chi connectivity index (χ1) is 14.9. The fourth-order valence-electron chi connectivity index (χ4n) is 2.54. The van der Waals surface area contributed by atoms with Crippen LogP contribution < -0.4 is 0 Å². The van der Waals surface area contributed by atoms with E-state index >= 15 is 0 Å². The minimum atomic E-state index is -4.09. The molecule has 0 aliphatic heterocycles. The number of nitrogens with zero attached hydrogens (tertiary/aromatic N) is 3. The van der Waals surface area contributed by atoms with Gasteiger partial charge in [-0.25, -0.2) is 27.6 Å². The molecule has 0 spiro atoms. The predicted octanol–water partition coefficient (Wildman–Crippen LogP) is 5.20. The molecule has 7 nitrogen and oxygen atoms in total. The molecule has 0 bridgehead atoms. The molecule has 1 aromatic carbocycles. The van der Waals surface area contributed by atoms with Crippen molar-refractivity contribution < 1.29 is 22.3 Å². The molecule has 170 valence electrons. The van der Waals surface area contributed by atoms with Crippen LogP contribution in [0.2, 0.25) is 5.15 Å². The average molecular weight is 498 g/mol. The van der Waals surface area contributed by atoms with Gasteiger partial charge in [-0.15, -0.1) is 11.3 Å². The number of amides is 1. The number of rotatable bonds is 5. The van der Waals surface area contributed by atoms with E-state index in [1.54, 1.807) is 13.1 Å². The summed E-state index contributed by atoms with van der Waals surface area (Å²) < 4.78 is 46.2. The van der Waals surface area contributed by atoms with E-state index in [0.717, 1.165) is 17.5 Å². The third-order valence-corrected chi connectivity index (χ3v) is 8.12. The van der Waals surface area contributed by atoms with E-state index in [9.17, 15) is 17.6 Å². The maximum absolute atomic E-state index is 14.5. The number of carbonyl (C=O) groups is 1. The third-order valence-electron chi connectivity index (χ3n) is 4.62. The van der Waals surface area contributed by atoms with Gasteiger partial charge in [0.15, 0.2) is 4.21 Å². The second kappa shape index (κ2) is 9.13. The van der Waals surface area contributed by atoms with Crippen molar-refractivity contribution in [3.8, 4) is 11.3 Å². The van der Waals surface area contributed by atoms with Gasteiger partial charge in [-0.1, -0.05) is 23.7 Å². The van der Waals surface area contributed by atoms with Gasteiger partial charge in [-0.05, 0) is 45.0 Å². The molecule has 3 rings (SSSR count). The summed E-state index contributed by atoms with van der Waals surface area (Å²) in [6.07, 6.45) is 0.534. The molecule has 3 aromatic rings. The fraction of sp³-hybridized carbons (Fsp3) is 0.286. The highest BCUT2D eigenvalue weighted by atomic mass is 35.5. The van der Waals surface area contributed by atoms with Gasteiger partial charge in [0.05, 0.1) is 4.90 Å². The van der Waals surface area contributed by atoms with Crippen LogP contribution in [0.15, 0.2) is 51.7 Å². The number of pyridine rings is 1. The van der Waals surface area contributed by atoms with Crippen molar-refractivity contribution in [2.75, 3.05) is 7.05 Å². The van der Waals surface area contributed by atoms with Crippen molar-refractivity contribution in [1.29, 1.82) is 0 Å². The van der Waals surface area contributed by atoms with Gasteiger partial charge in [0.1, 0.15) is 28.3 Å². The van der Waals surface area contributed by atoms with Gasteiger partial charge in [0, 0.05) is 24.3 Å². The fourth-order valence-corrected chi connectivity index (χ4v) is 5.45. The van der Waals surface area contributed by atoms with E-state index in [2.05, 4.69) is 9.97 Å². The second-order valence-electron chi connectivity index (χ2n) is 7.83. The Morgan fingerprint density at radius 2 is 1.91 bits per heavy atom. The van der Waals surface area contributed by atoms with Crippen LogP contribution in [-0.4, -0.2) is 42.0 Å². The Hall–Kier alpha value is -2.56. The smallest absolute Gasteiger partial charge is 0.410 e. The molecule has 11 heteroatoms. The van der Waals surface area contributed by atoms with Crippen LogP contribution in [0.3, 0.4) is 0 Å². The van der Waals surface area contributed by atoms with Crippen LogP contribution >= 0.6 is 22.9 Å². The van der Waals surface area contributed by atoms with Crippen molar-refractivity contribution in [1.82, 2.24) is 14.9 Å². The molecule has 0 aliphatic carbocycles. The van der Waals surface area contributed by atoms with Crippen molar-refractivity contribution in [3.05, 3.63) is 58.6 Å². The maximum Gasteiger partial charge on any atom is 0.410 e. The molecule has 0 radical (unpaired) electrons. The van der Waals surface area contributed by atoms with Crippen molar-refractivity contribution in [2.45, 2.75) is 42.0 Å². The molecule has 32 heavy (non-hydrogen) atoms. The van der Waals surface area contributed by atoms with E-state index in [4.69, 9.17) is 16.3 Å². The average Bonchev–Trinajstić information content (AvgIpc) is 3.16. The van der Waals surface area contributed by atoms with Gasteiger partial charge < -0.3 is 9.64 Å². The number of hydrogen-bond donors (Lipinski definition) is 0. The van der Waals surface area contributed by atoms with Crippen LogP contribution in [0.25, 0.3) is 11.3 Å². The van der Waals surface area contributed by atoms with Crippen LogP contribution in [-0.2, 0) is 21.2 Å². The summed E-state index contributed by atoms with van der Waals surface area (Å²) in [6, 6.07) is 8.39. The predicted molar refractivity (Wildman–Crippen MR) is 120 cm³/mol. The minimum absolute atomic E-state index is 0.0219. The number of hydrogen-bond acceptors (Lipinski definition) is 7. The van der Waals surface area contributed by atoms with Crippen molar-refractivity contribution >= 4 is 38.9 Å². The largest absolute Gasteiger partial charge is 0.442 e. The molecule has 0 atom stereocenters. The maximum atomic E-state index is 14.5. The first kappa shape index (κ1) is 24.1. The molecule has 2 aromatic heterocycles. The van der Waals surface area contributed by atoms with Crippen LogP contribution in [0, 0.1) is 5.82 Å². The minimum Gasteiger partial charge on any atom is -0.442 e. The quantitative estimate of drug-likeness (QED) is 0.450. The normalized spacial score (nSPS) is 11.9. The third kappa shape index (κ3) is 5.08. The summed E-state index contributed by atoms with van der Waals surface area (Å²) in [5.41, 5.74) is -0.499. The highest BCUT2D eigenvalue weighted by molar-refractivity contribution is 7.93. The number of carbonyl (C=O) groups excluding carboxylic acids is 1. The topological polar surface area (TPSA) is 89.5 Å². The first-order valence-corrected chi connectivity index (χ1v) is 12.1. The summed E-state index contributed by atoms with van der Waals surface area (Å²) >= 11 is 6.58. The van der Waals surface area contributed by atoms with Crippen LogP contribution in [0.5, 0.6) is 0 Å². The van der Waals surface area contributed by atoms with Crippen molar-refractivity contribution in [3.63, 3.8) is 0 Å². The SMILES string of the molecule is CN(C(=O)OCc1nc(-c2ccccc2F)c(S(=O)(=O)c2ccc(Cl)nc2)s1)C(C)(C)C. The lowest BCUT2D eigenvalue weighted by atomic mass is 10.1. The van der Waals surface area contributed by atoms with Crippen LogP contribution in [0.4, 0.5) is 9.18 Å². The van der Waals surface area contributed by atoms with Gasteiger partial charge in [0.25, 0.3) is 0 Å². The number of sulfone groups is 1. The molecular formula is C21H21ClFN3O4S2. The summed E-state index contributed by atoms with van der Waals surface area (Å²) in [5.74, 6) is -0.625. The monoisotopic (exact) mass is 497 g/mol.